The first kappa shape index (κ1) is 14.1. The summed E-state index contributed by atoms with van der Waals surface area (Å²) in [5.41, 5.74) is 7.09. The summed E-state index contributed by atoms with van der Waals surface area (Å²) in [7, 11) is 0. The Bertz CT molecular complexity index is 622. The van der Waals surface area contributed by atoms with Gasteiger partial charge in [-0.05, 0) is 44.7 Å². The molecule has 21 heavy (non-hydrogen) atoms. The molecule has 0 unspecified atom stereocenters. The molecule has 114 valence electrons. The van der Waals surface area contributed by atoms with Gasteiger partial charge in [0.1, 0.15) is 11.5 Å². The van der Waals surface area contributed by atoms with E-state index >= 15 is 0 Å². The Morgan fingerprint density at radius 3 is 2.67 bits per heavy atom. The number of nitrogens with zero attached hydrogens (tertiary/aromatic N) is 3. The average molecular weight is 289 g/mol. The highest BCUT2D eigenvalue weighted by molar-refractivity contribution is 5.59. The van der Waals surface area contributed by atoms with Crippen LogP contribution in [0.2, 0.25) is 0 Å². The largest absolute Gasteiger partial charge is 0.466 e. The van der Waals surface area contributed by atoms with E-state index in [4.69, 9.17) is 10.2 Å². The number of piperidine rings is 1. The smallest absolute Gasteiger partial charge is 0.245 e. The van der Waals surface area contributed by atoms with Crippen molar-refractivity contribution < 1.29 is 4.42 Å². The van der Waals surface area contributed by atoms with E-state index < -0.39 is 0 Å². The molecule has 1 aliphatic rings. The molecule has 3 rings (SSSR count). The van der Waals surface area contributed by atoms with Crippen LogP contribution in [0.4, 0.5) is 5.95 Å². The van der Waals surface area contributed by atoms with Crippen LogP contribution in [0.1, 0.15) is 31.3 Å². The summed E-state index contributed by atoms with van der Waals surface area (Å²) >= 11 is 0. The lowest BCUT2D eigenvalue weighted by molar-refractivity contribution is 0.257. The van der Waals surface area contributed by atoms with E-state index in [1.165, 1.54) is 0 Å². The van der Waals surface area contributed by atoms with Crippen molar-refractivity contribution in [2.24, 2.45) is 11.1 Å². The molecule has 1 aliphatic heterocycles. The molecule has 1 fully saturated rings. The highest BCUT2D eigenvalue weighted by atomic mass is 16.3. The van der Waals surface area contributed by atoms with E-state index in [0.29, 0.717) is 0 Å². The number of nitrogens with two attached hydrogens (primary N) is 1. The molecule has 2 aromatic rings. The summed E-state index contributed by atoms with van der Waals surface area (Å²) in [5, 5.41) is 7.38. The van der Waals surface area contributed by atoms with Crippen LogP contribution in [0, 0.1) is 19.3 Å². The number of nitrogens with one attached hydrogen (secondary N) is 1. The molecule has 0 bridgehead atoms. The molecule has 1 saturated heterocycles. The lowest BCUT2D eigenvalue weighted by atomic mass is 9.81. The quantitative estimate of drug-likeness (QED) is 0.905. The number of aromatic nitrogens is 3. The molecule has 0 amide bonds. The van der Waals surface area contributed by atoms with Gasteiger partial charge in [0.05, 0.1) is 5.56 Å². The predicted octanol–water partition coefficient (Wildman–Crippen LogP) is 2.25. The van der Waals surface area contributed by atoms with Gasteiger partial charge in [0.25, 0.3) is 0 Å². The second kappa shape index (κ2) is 5.18. The van der Waals surface area contributed by atoms with Gasteiger partial charge in [0.2, 0.25) is 5.95 Å². The number of rotatable bonds is 3. The van der Waals surface area contributed by atoms with E-state index in [2.05, 4.69) is 27.0 Å². The second-order valence-electron chi connectivity index (χ2n) is 6.31. The van der Waals surface area contributed by atoms with Gasteiger partial charge in [-0.3, -0.25) is 5.10 Å². The summed E-state index contributed by atoms with van der Waals surface area (Å²) in [6.45, 7) is 8.78. The molecule has 0 saturated carbocycles. The lowest BCUT2D eigenvalue weighted by Crippen LogP contribution is -2.42. The minimum absolute atomic E-state index is 0.258. The number of hydrogen-bond donors (Lipinski definition) is 2. The average Bonchev–Trinajstić information content (AvgIpc) is 3.06. The highest BCUT2D eigenvalue weighted by Gasteiger charge is 2.30. The molecule has 6 heteroatoms. The van der Waals surface area contributed by atoms with E-state index in [9.17, 15) is 0 Å². The molecular formula is C15H23N5O. The van der Waals surface area contributed by atoms with Gasteiger partial charge in [0, 0.05) is 13.1 Å². The number of aromatic amines is 1. The monoisotopic (exact) mass is 289 g/mol. The van der Waals surface area contributed by atoms with Crippen molar-refractivity contribution in [1.82, 2.24) is 15.2 Å². The first-order chi connectivity index (χ1) is 10.0. The number of anilines is 1. The molecular weight excluding hydrogens is 266 g/mol. The van der Waals surface area contributed by atoms with Crippen molar-refractivity contribution in [3.8, 4) is 11.4 Å². The van der Waals surface area contributed by atoms with Crippen LogP contribution in [-0.4, -0.2) is 34.8 Å². The SMILES string of the molecule is Cc1cc(-c2nc(N3CCC(C)(CN)CC3)n[nH]2)c(C)o1. The van der Waals surface area contributed by atoms with Crippen LogP contribution in [0.3, 0.4) is 0 Å². The maximum Gasteiger partial charge on any atom is 0.245 e. The van der Waals surface area contributed by atoms with Gasteiger partial charge >= 0.3 is 0 Å². The maximum absolute atomic E-state index is 5.85. The molecule has 3 N–H and O–H groups in total. The Balaban J connectivity index is 1.76. The molecule has 6 nitrogen and oxygen atoms in total. The van der Waals surface area contributed by atoms with Crippen LogP contribution in [0.25, 0.3) is 11.4 Å². The van der Waals surface area contributed by atoms with E-state index in [-0.39, 0.29) is 5.41 Å². The van der Waals surface area contributed by atoms with E-state index in [1.54, 1.807) is 0 Å². The van der Waals surface area contributed by atoms with Crippen LogP contribution >= 0.6 is 0 Å². The topological polar surface area (TPSA) is 84.0 Å². The number of H-pyrrole nitrogens is 1. The van der Waals surface area contributed by atoms with Gasteiger partial charge in [-0.15, -0.1) is 5.10 Å². The fraction of sp³-hybridized carbons (Fsp3) is 0.600. The number of furan rings is 1. The van der Waals surface area contributed by atoms with Crippen molar-refractivity contribution in [3.05, 3.63) is 17.6 Å². The molecule has 0 aromatic carbocycles. The fourth-order valence-electron chi connectivity index (χ4n) is 2.83. The first-order valence-corrected chi connectivity index (χ1v) is 7.45. The summed E-state index contributed by atoms with van der Waals surface area (Å²) in [4.78, 5) is 6.84. The molecule has 0 radical (unpaired) electrons. The first-order valence-electron chi connectivity index (χ1n) is 7.45. The normalized spacial score (nSPS) is 18.2. The predicted molar refractivity (Wildman–Crippen MR) is 82.2 cm³/mol. The molecule has 0 spiro atoms. The second-order valence-corrected chi connectivity index (χ2v) is 6.31. The lowest BCUT2D eigenvalue weighted by Gasteiger charge is -2.38. The third-order valence-corrected chi connectivity index (χ3v) is 4.52. The Kier molecular flexibility index (Phi) is 3.49. The van der Waals surface area contributed by atoms with Crippen molar-refractivity contribution in [2.75, 3.05) is 24.5 Å². The number of hydrogen-bond acceptors (Lipinski definition) is 5. The minimum Gasteiger partial charge on any atom is -0.466 e. The Morgan fingerprint density at radius 2 is 2.10 bits per heavy atom. The van der Waals surface area contributed by atoms with E-state index in [0.717, 1.165) is 61.3 Å². The van der Waals surface area contributed by atoms with Gasteiger partial charge in [-0.25, -0.2) is 0 Å². The Hall–Kier alpha value is -1.82. The van der Waals surface area contributed by atoms with Crippen LogP contribution in [0.15, 0.2) is 10.5 Å². The zero-order chi connectivity index (χ0) is 15.0. The highest BCUT2D eigenvalue weighted by Crippen LogP contribution is 2.31. The van der Waals surface area contributed by atoms with Crippen LogP contribution in [-0.2, 0) is 0 Å². The Morgan fingerprint density at radius 1 is 1.38 bits per heavy atom. The molecule has 3 heterocycles. The summed E-state index contributed by atoms with van der Waals surface area (Å²) in [6.07, 6.45) is 2.16. The Labute approximate surface area is 124 Å². The van der Waals surface area contributed by atoms with Crippen molar-refractivity contribution in [2.45, 2.75) is 33.6 Å². The fourth-order valence-corrected chi connectivity index (χ4v) is 2.83. The molecule has 0 atom stereocenters. The third kappa shape index (κ3) is 2.68. The maximum atomic E-state index is 5.85. The standard InChI is InChI=1S/C15H23N5O/c1-10-8-12(11(2)21-10)13-17-14(19-18-13)20-6-4-15(3,9-16)5-7-20/h8H,4-7,9,16H2,1-3H3,(H,17,18,19). The summed E-state index contributed by atoms with van der Waals surface area (Å²) in [6, 6.07) is 1.99. The van der Waals surface area contributed by atoms with Crippen molar-refractivity contribution in [3.63, 3.8) is 0 Å². The zero-order valence-electron chi connectivity index (χ0n) is 12.9. The summed E-state index contributed by atoms with van der Waals surface area (Å²) in [5.74, 6) is 3.29. The van der Waals surface area contributed by atoms with Gasteiger partial charge in [-0.1, -0.05) is 6.92 Å². The van der Waals surface area contributed by atoms with Gasteiger partial charge in [-0.2, -0.15) is 4.98 Å². The molecule has 0 aliphatic carbocycles. The van der Waals surface area contributed by atoms with Crippen LogP contribution < -0.4 is 10.6 Å². The summed E-state index contributed by atoms with van der Waals surface area (Å²) < 4.78 is 5.55. The van der Waals surface area contributed by atoms with Crippen molar-refractivity contribution >= 4 is 5.95 Å². The minimum atomic E-state index is 0.258. The zero-order valence-corrected chi connectivity index (χ0v) is 12.9. The van der Waals surface area contributed by atoms with E-state index in [1.807, 2.05) is 19.9 Å². The van der Waals surface area contributed by atoms with Gasteiger partial charge in [0.15, 0.2) is 5.82 Å². The van der Waals surface area contributed by atoms with Crippen LogP contribution in [0.5, 0.6) is 0 Å². The number of aryl methyl sites for hydroxylation is 2. The molecule has 2 aromatic heterocycles. The third-order valence-electron chi connectivity index (χ3n) is 4.52. The van der Waals surface area contributed by atoms with Crippen molar-refractivity contribution in [1.29, 1.82) is 0 Å². The van der Waals surface area contributed by atoms with Gasteiger partial charge < -0.3 is 15.1 Å².